The molecule has 0 saturated carbocycles. The van der Waals surface area contributed by atoms with E-state index >= 15 is 0 Å². The van der Waals surface area contributed by atoms with Crippen molar-refractivity contribution in [2.45, 2.75) is 38.3 Å². The van der Waals surface area contributed by atoms with Gasteiger partial charge < -0.3 is 10.1 Å². The number of rotatable bonds is 3. The minimum atomic E-state index is -0.559. The van der Waals surface area contributed by atoms with E-state index in [4.69, 9.17) is 4.74 Å². The average Bonchev–Trinajstić information content (AvgIpc) is 2.38. The van der Waals surface area contributed by atoms with E-state index in [9.17, 15) is 8.78 Å². The van der Waals surface area contributed by atoms with Gasteiger partial charge in [0, 0.05) is 18.2 Å². The fraction of sp³-hybridized carbons (Fsp3) is 0.571. The predicted molar refractivity (Wildman–Crippen MR) is 66.4 cm³/mol. The first kappa shape index (κ1) is 13.4. The average molecular weight is 255 g/mol. The van der Waals surface area contributed by atoms with Gasteiger partial charge in [0.15, 0.2) is 0 Å². The SMILES string of the molecule is CCC1(CC)COC(c2cc(F)cc(F)c2)CN1. The van der Waals surface area contributed by atoms with Crippen molar-refractivity contribution in [3.05, 3.63) is 35.4 Å². The first-order valence-corrected chi connectivity index (χ1v) is 6.41. The molecule has 2 nitrogen and oxygen atoms in total. The largest absolute Gasteiger partial charge is 0.370 e. The molecule has 1 fully saturated rings. The fourth-order valence-corrected chi connectivity index (χ4v) is 2.36. The van der Waals surface area contributed by atoms with Gasteiger partial charge in [-0.15, -0.1) is 0 Å². The van der Waals surface area contributed by atoms with Crippen molar-refractivity contribution in [3.8, 4) is 0 Å². The summed E-state index contributed by atoms with van der Waals surface area (Å²) in [6.07, 6.45) is 1.68. The van der Waals surface area contributed by atoms with Crippen LogP contribution in [-0.4, -0.2) is 18.7 Å². The molecule has 18 heavy (non-hydrogen) atoms. The molecule has 0 spiro atoms. The van der Waals surface area contributed by atoms with E-state index < -0.39 is 11.6 Å². The number of halogens is 2. The number of hydrogen-bond acceptors (Lipinski definition) is 2. The van der Waals surface area contributed by atoms with Gasteiger partial charge in [0.2, 0.25) is 0 Å². The summed E-state index contributed by atoms with van der Waals surface area (Å²) in [5.74, 6) is -1.12. The van der Waals surface area contributed by atoms with Gasteiger partial charge in [-0.3, -0.25) is 0 Å². The van der Waals surface area contributed by atoms with Crippen LogP contribution in [0, 0.1) is 11.6 Å². The van der Waals surface area contributed by atoms with E-state index in [1.165, 1.54) is 12.1 Å². The number of morpholine rings is 1. The predicted octanol–water partition coefficient (Wildman–Crippen LogP) is 3.18. The molecule has 1 unspecified atom stereocenters. The van der Waals surface area contributed by atoms with Crippen molar-refractivity contribution < 1.29 is 13.5 Å². The summed E-state index contributed by atoms with van der Waals surface area (Å²) in [5.41, 5.74) is 0.559. The quantitative estimate of drug-likeness (QED) is 0.895. The van der Waals surface area contributed by atoms with E-state index in [1.54, 1.807) is 0 Å². The van der Waals surface area contributed by atoms with Gasteiger partial charge in [0.1, 0.15) is 11.6 Å². The summed E-state index contributed by atoms with van der Waals surface area (Å²) < 4.78 is 32.1. The van der Waals surface area contributed by atoms with Gasteiger partial charge in [0.25, 0.3) is 0 Å². The lowest BCUT2D eigenvalue weighted by Gasteiger charge is -2.40. The summed E-state index contributed by atoms with van der Waals surface area (Å²) in [5, 5.41) is 3.45. The van der Waals surface area contributed by atoms with Crippen LogP contribution in [0.25, 0.3) is 0 Å². The molecule has 1 saturated heterocycles. The van der Waals surface area contributed by atoms with E-state index in [1.807, 2.05) is 0 Å². The van der Waals surface area contributed by atoms with E-state index in [2.05, 4.69) is 19.2 Å². The first-order chi connectivity index (χ1) is 8.58. The normalized spacial score (nSPS) is 23.0. The lowest BCUT2D eigenvalue weighted by Crippen LogP contribution is -2.54. The molecule has 0 aromatic heterocycles. The molecule has 1 aliphatic heterocycles. The van der Waals surface area contributed by atoms with Crippen molar-refractivity contribution in [3.63, 3.8) is 0 Å². The standard InChI is InChI=1S/C14H19F2NO/c1-3-14(4-2)9-18-13(8-17-14)10-5-11(15)7-12(16)6-10/h5-7,13,17H,3-4,8-9H2,1-2H3. The molecule has 0 bridgehead atoms. The van der Waals surface area contributed by atoms with Crippen molar-refractivity contribution in [1.82, 2.24) is 5.32 Å². The molecule has 0 aliphatic carbocycles. The second kappa shape index (κ2) is 5.33. The zero-order valence-corrected chi connectivity index (χ0v) is 10.8. The van der Waals surface area contributed by atoms with Crippen molar-refractivity contribution in [2.75, 3.05) is 13.2 Å². The van der Waals surface area contributed by atoms with E-state index in [0.29, 0.717) is 18.7 Å². The Hall–Kier alpha value is -1.00. The maximum absolute atomic E-state index is 13.2. The van der Waals surface area contributed by atoms with Crippen molar-refractivity contribution in [1.29, 1.82) is 0 Å². The monoisotopic (exact) mass is 255 g/mol. The van der Waals surface area contributed by atoms with Gasteiger partial charge in [0.05, 0.1) is 12.7 Å². The van der Waals surface area contributed by atoms with Crippen LogP contribution in [0.4, 0.5) is 8.78 Å². The van der Waals surface area contributed by atoms with Crippen molar-refractivity contribution >= 4 is 0 Å². The zero-order chi connectivity index (χ0) is 13.2. The lowest BCUT2D eigenvalue weighted by molar-refractivity contribution is -0.0376. The van der Waals surface area contributed by atoms with Crippen LogP contribution in [-0.2, 0) is 4.74 Å². The highest BCUT2D eigenvalue weighted by atomic mass is 19.1. The van der Waals surface area contributed by atoms with Gasteiger partial charge in [-0.2, -0.15) is 0 Å². The van der Waals surface area contributed by atoms with Crippen LogP contribution in [0.1, 0.15) is 38.4 Å². The third-order valence-corrected chi connectivity index (χ3v) is 3.83. The number of hydrogen-bond donors (Lipinski definition) is 1. The molecule has 2 rings (SSSR count). The Bertz CT molecular complexity index is 388. The molecule has 1 heterocycles. The molecule has 0 amide bonds. The summed E-state index contributed by atoms with van der Waals surface area (Å²) in [6, 6.07) is 3.54. The maximum atomic E-state index is 13.2. The summed E-state index contributed by atoms with van der Waals surface area (Å²) in [4.78, 5) is 0. The molecule has 100 valence electrons. The number of nitrogens with one attached hydrogen (secondary N) is 1. The number of ether oxygens (including phenoxy) is 1. The highest BCUT2D eigenvalue weighted by molar-refractivity contribution is 5.21. The van der Waals surface area contributed by atoms with Crippen LogP contribution in [0.15, 0.2) is 18.2 Å². The molecule has 1 aliphatic rings. The van der Waals surface area contributed by atoms with Gasteiger partial charge >= 0.3 is 0 Å². The minimum Gasteiger partial charge on any atom is -0.370 e. The van der Waals surface area contributed by atoms with E-state index in [0.717, 1.165) is 18.9 Å². The molecule has 0 radical (unpaired) electrons. The lowest BCUT2D eigenvalue weighted by atomic mass is 9.91. The highest BCUT2D eigenvalue weighted by Crippen LogP contribution is 2.28. The Morgan fingerprint density at radius 3 is 2.28 bits per heavy atom. The second-order valence-electron chi connectivity index (χ2n) is 4.87. The first-order valence-electron chi connectivity index (χ1n) is 6.41. The minimum absolute atomic E-state index is 0.00235. The van der Waals surface area contributed by atoms with Gasteiger partial charge in [-0.05, 0) is 30.5 Å². The Kier molecular flexibility index (Phi) is 3.97. The summed E-state index contributed by atoms with van der Waals surface area (Å²) in [7, 11) is 0. The Morgan fingerprint density at radius 1 is 1.22 bits per heavy atom. The molecule has 1 aromatic rings. The van der Waals surface area contributed by atoms with Crippen LogP contribution < -0.4 is 5.32 Å². The molecular formula is C14H19F2NO. The van der Waals surface area contributed by atoms with Crippen LogP contribution in [0.2, 0.25) is 0 Å². The second-order valence-corrected chi connectivity index (χ2v) is 4.87. The third-order valence-electron chi connectivity index (χ3n) is 3.83. The molecule has 4 heteroatoms. The van der Waals surface area contributed by atoms with Crippen LogP contribution in [0.3, 0.4) is 0 Å². The molecule has 1 aromatic carbocycles. The fourth-order valence-electron chi connectivity index (χ4n) is 2.36. The van der Waals surface area contributed by atoms with Crippen LogP contribution >= 0.6 is 0 Å². The molecule has 1 atom stereocenters. The topological polar surface area (TPSA) is 21.3 Å². The van der Waals surface area contributed by atoms with Crippen LogP contribution in [0.5, 0.6) is 0 Å². The highest BCUT2D eigenvalue weighted by Gasteiger charge is 2.33. The van der Waals surface area contributed by atoms with Gasteiger partial charge in [-0.1, -0.05) is 13.8 Å². The summed E-state index contributed by atoms with van der Waals surface area (Å²) in [6.45, 7) is 5.39. The Morgan fingerprint density at radius 2 is 1.83 bits per heavy atom. The zero-order valence-electron chi connectivity index (χ0n) is 10.8. The molecule has 1 N–H and O–H groups in total. The Balaban J connectivity index is 2.09. The molecular weight excluding hydrogens is 236 g/mol. The maximum Gasteiger partial charge on any atom is 0.126 e. The number of benzene rings is 1. The van der Waals surface area contributed by atoms with Crippen molar-refractivity contribution in [2.24, 2.45) is 0 Å². The van der Waals surface area contributed by atoms with Gasteiger partial charge in [-0.25, -0.2) is 8.78 Å². The van der Waals surface area contributed by atoms with E-state index in [-0.39, 0.29) is 11.6 Å². The Labute approximate surface area is 106 Å². The summed E-state index contributed by atoms with van der Waals surface area (Å²) >= 11 is 0. The smallest absolute Gasteiger partial charge is 0.126 e. The third kappa shape index (κ3) is 2.70.